The lowest BCUT2D eigenvalue weighted by atomic mass is 9.71. The minimum Gasteiger partial charge on any atom is -0.390 e. The average Bonchev–Trinajstić information content (AvgIpc) is 2.28. The molecule has 0 radical (unpaired) electrons. The Morgan fingerprint density at radius 2 is 1.88 bits per heavy atom. The van der Waals surface area contributed by atoms with E-state index in [0.29, 0.717) is 18.4 Å². The molecule has 16 heavy (non-hydrogen) atoms. The Morgan fingerprint density at radius 3 is 2.44 bits per heavy atom. The molecule has 0 spiro atoms. The van der Waals surface area contributed by atoms with E-state index < -0.39 is 5.60 Å². The lowest BCUT2D eigenvalue weighted by Gasteiger charge is -2.41. The topological polar surface area (TPSA) is 29.5 Å². The lowest BCUT2D eigenvalue weighted by molar-refractivity contribution is -0.131. The molecule has 1 saturated carbocycles. The van der Waals surface area contributed by atoms with Gasteiger partial charge in [0.2, 0.25) is 0 Å². The third kappa shape index (κ3) is 3.21. The Balaban J connectivity index is 2.65. The summed E-state index contributed by atoms with van der Waals surface area (Å²) >= 11 is 0. The predicted molar refractivity (Wildman–Crippen MR) is 67.5 cm³/mol. The second kappa shape index (κ2) is 6.02. The first-order chi connectivity index (χ1) is 7.53. The molecule has 0 amide bonds. The minimum absolute atomic E-state index is 0.322. The van der Waals surface area contributed by atoms with E-state index in [2.05, 4.69) is 6.92 Å². The molecule has 0 bridgehead atoms. The standard InChI is InChI=1S/C14H28O2/c1-5-11-9-7-8-10-12(11)13(15)14(3,4)16-6-2/h11-13,15H,5-10H2,1-4H3. The van der Waals surface area contributed by atoms with Crippen LogP contribution >= 0.6 is 0 Å². The summed E-state index contributed by atoms with van der Waals surface area (Å²) in [7, 11) is 0. The van der Waals surface area contributed by atoms with Gasteiger partial charge in [0.05, 0.1) is 11.7 Å². The number of hydrogen-bond donors (Lipinski definition) is 1. The fourth-order valence-electron chi connectivity index (χ4n) is 3.13. The maximum absolute atomic E-state index is 10.5. The van der Waals surface area contributed by atoms with Crippen LogP contribution in [0, 0.1) is 11.8 Å². The van der Waals surface area contributed by atoms with E-state index in [-0.39, 0.29) is 6.10 Å². The average molecular weight is 228 g/mol. The van der Waals surface area contributed by atoms with Crippen LogP contribution in [0.3, 0.4) is 0 Å². The maximum Gasteiger partial charge on any atom is 0.0886 e. The second-order valence-electron chi connectivity index (χ2n) is 5.60. The van der Waals surface area contributed by atoms with Crippen molar-refractivity contribution in [3.8, 4) is 0 Å². The van der Waals surface area contributed by atoms with E-state index >= 15 is 0 Å². The first-order valence-corrected chi connectivity index (χ1v) is 6.85. The van der Waals surface area contributed by atoms with Crippen molar-refractivity contribution < 1.29 is 9.84 Å². The molecular formula is C14H28O2. The molecule has 0 aromatic rings. The molecule has 1 N–H and O–H groups in total. The van der Waals surface area contributed by atoms with Crippen LogP contribution in [0.1, 0.15) is 59.8 Å². The Labute approximate surface area is 100 Å². The minimum atomic E-state index is -0.399. The zero-order valence-electron chi connectivity index (χ0n) is 11.3. The zero-order chi connectivity index (χ0) is 12.2. The zero-order valence-corrected chi connectivity index (χ0v) is 11.3. The summed E-state index contributed by atoms with van der Waals surface area (Å²) in [6.45, 7) is 8.94. The van der Waals surface area contributed by atoms with Gasteiger partial charge in [0.25, 0.3) is 0 Å². The van der Waals surface area contributed by atoms with Crippen LogP contribution in [0.4, 0.5) is 0 Å². The SMILES string of the molecule is CCOC(C)(C)C(O)C1CCCCC1CC. The molecule has 3 atom stereocenters. The van der Waals surface area contributed by atoms with Crippen molar-refractivity contribution in [1.29, 1.82) is 0 Å². The van der Waals surface area contributed by atoms with Gasteiger partial charge in [0.1, 0.15) is 0 Å². The summed E-state index contributed by atoms with van der Waals surface area (Å²) in [6.07, 6.45) is 5.90. The van der Waals surface area contributed by atoms with Gasteiger partial charge >= 0.3 is 0 Å². The molecule has 96 valence electrons. The van der Waals surface area contributed by atoms with Crippen LogP contribution in [-0.4, -0.2) is 23.4 Å². The van der Waals surface area contributed by atoms with Gasteiger partial charge in [-0.05, 0) is 39.0 Å². The third-order valence-electron chi connectivity index (χ3n) is 4.13. The van der Waals surface area contributed by atoms with Crippen molar-refractivity contribution in [2.75, 3.05) is 6.61 Å². The predicted octanol–water partition coefficient (Wildman–Crippen LogP) is 3.38. The Kier molecular flexibility index (Phi) is 5.26. The van der Waals surface area contributed by atoms with Crippen molar-refractivity contribution in [2.45, 2.75) is 71.5 Å². The molecule has 0 aromatic carbocycles. The molecule has 0 saturated heterocycles. The van der Waals surface area contributed by atoms with Crippen LogP contribution in [-0.2, 0) is 4.74 Å². The largest absolute Gasteiger partial charge is 0.390 e. The molecule has 1 fully saturated rings. The number of aliphatic hydroxyl groups excluding tert-OH is 1. The molecule has 3 unspecified atom stereocenters. The molecule has 2 nitrogen and oxygen atoms in total. The quantitative estimate of drug-likeness (QED) is 0.781. The second-order valence-corrected chi connectivity index (χ2v) is 5.60. The highest BCUT2D eigenvalue weighted by Crippen LogP contribution is 2.38. The van der Waals surface area contributed by atoms with Crippen molar-refractivity contribution in [2.24, 2.45) is 11.8 Å². The summed E-state index contributed by atoms with van der Waals surface area (Å²) < 4.78 is 5.69. The van der Waals surface area contributed by atoms with Crippen LogP contribution < -0.4 is 0 Å². The van der Waals surface area contributed by atoms with Crippen LogP contribution in [0.5, 0.6) is 0 Å². The molecule has 2 heteroatoms. The van der Waals surface area contributed by atoms with Gasteiger partial charge in [-0.15, -0.1) is 0 Å². The summed E-state index contributed by atoms with van der Waals surface area (Å²) in [5.74, 6) is 1.11. The molecule has 1 rings (SSSR count). The Morgan fingerprint density at radius 1 is 1.25 bits per heavy atom. The van der Waals surface area contributed by atoms with E-state index in [1.807, 2.05) is 20.8 Å². The number of aliphatic hydroxyl groups is 1. The van der Waals surface area contributed by atoms with Gasteiger partial charge in [-0.25, -0.2) is 0 Å². The van der Waals surface area contributed by atoms with Crippen molar-refractivity contribution in [3.63, 3.8) is 0 Å². The number of rotatable bonds is 5. The monoisotopic (exact) mass is 228 g/mol. The summed E-state index contributed by atoms with van der Waals surface area (Å²) in [5, 5.41) is 10.5. The van der Waals surface area contributed by atoms with Gasteiger partial charge in [0.15, 0.2) is 0 Å². The van der Waals surface area contributed by atoms with E-state index in [4.69, 9.17) is 4.74 Å². The van der Waals surface area contributed by atoms with Crippen LogP contribution in [0.25, 0.3) is 0 Å². The van der Waals surface area contributed by atoms with Gasteiger partial charge in [-0.2, -0.15) is 0 Å². The first kappa shape index (κ1) is 14.0. The summed E-state index contributed by atoms with van der Waals surface area (Å²) in [6, 6.07) is 0. The normalized spacial score (nSPS) is 29.1. The van der Waals surface area contributed by atoms with E-state index in [9.17, 15) is 5.11 Å². The fraction of sp³-hybridized carbons (Fsp3) is 1.00. The van der Waals surface area contributed by atoms with Gasteiger partial charge in [-0.3, -0.25) is 0 Å². The van der Waals surface area contributed by atoms with Gasteiger partial charge in [0, 0.05) is 6.61 Å². The molecular weight excluding hydrogens is 200 g/mol. The Bertz CT molecular complexity index is 201. The first-order valence-electron chi connectivity index (χ1n) is 6.85. The third-order valence-corrected chi connectivity index (χ3v) is 4.13. The lowest BCUT2D eigenvalue weighted by Crippen LogP contribution is -2.47. The highest BCUT2D eigenvalue weighted by Gasteiger charge is 2.39. The summed E-state index contributed by atoms with van der Waals surface area (Å²) in [4.78, 5) is 0. The van der Waals surface area contributed by atoms with Gasteiger partial charge in [-0.1, -0.05) is 32.6 Å². The number of hydrogen-bond acceptors (Lipinski definition) is 2. The highest BCUT2D eigenvalue weighted by molar-refractivity contribution is 4.89. The van der Waals surface area contributed by atoms with E-state index in [0.717, 1.165) is 6.42 Å². The van der Waals surface area contributed by atoms with E-state index in [1.165, 1.54) is 25.7 Å². The Hall–Kier alpha value is -0.0800. The fourth-order valence-corrected chi connectivity index (χ4v) is 3.13. The molecule has 1 aliphatic rings. The van der Waals surface area contributed by atoms with Crippen molar-refractivity contribution in [1.82, 2.24) is 0 Å². The van der Waals surface area contributed by atoms with E-state index in [1.54, 1.807) is 0 Å². The summed E-state index contributed by atoms with van der Waals surface area (Å²) in [5.41, 5.74) is -0.399. The van der Waals surface area contributed by atoms with Crippen molar-refractivity contribution in [3.05, 3.63) is 0 Å². The number of ether oxygens (including phenoxy) is 1. The van der Waals surface area contributed by atoms with Crippen LogP contribution in [0.15, 0.2) is 0 Å². The smallest absolute Gasteiger partial charge is 0.0886 e. The molecule has 0 heterocycles. The van der Waals surface area contributed by atoms with Crippen LogP contribution in [0.2, 0.25) is 0 Å². The molecule has 1 aliphatic carbocycles. The van der Waals surface area contributed by atoms with Gasteiger partial charge < -0.3 is 9.84 Å². The molecule has 0 aliphatic heterocycles. The molecule has 0 aromatic heterocycles. The highest BCUT2D eigenvalue weighted by atomic mass is 16.5. The van der Waals surface area contributed by atoms with Crippen molar-refractivity contribution >= 4 is 0 Å². The maximum atomic E-state index is 10.5.